The van der Waals surface area contributed by atoms with Gasteiger partial charge in [0.2, 0.25) is 0 Å². The van der Waals surface area contributed by atoms with Gasteiger partial charge in [-0.05, 0) is 42.0 Å². The molecule has 0 aliphatic heterocycles. The second kappa shape index (κ2) is 13.1. The van der Waals surface area contributed by atoms with E-state index >= 15 is 0 Å². The molecule has 0 heterocycles. The maximum atomic E-state index is 10.7. The van der Waals surface area contributed by atoms with E-state index < -0.39 is 4.92 Å². The van der Waals surface area contributed by atoms with Crippen LogP contribution in [0, 0.1) is 10.1 Å². The third-order valence-electron chi connectivity index (χ3n) is 4.70. The topological polar surface area (TPSA) is 85.7 Å². The molecular formula is C23H24Cl3N3O4. The quantitative estimate of drug-likeness (QED) is 0.183. The van der Waals surface area contributed by atoms with Crippen LogP contribution in [0.2, 0.25) is 10.0 Å². The van der Waals surface area contributed by atoms with E-state index in [4.69, 9.17) is 32.7 Å². The molecule has 7 nitrogen and oxygen atoms in total. The SMILES string of the molecule is COc1cc(CNCCNc2ccc([N+](=O)[O-])cc2)ccc1OCc1c(Cl)cccc1Cl.Cl. The molecule has 0 aromatic heterocycles. The highest BCUT2D eigenvalue weighted by atomic mass is 35.5. The molecule has 0 bridgehead atoms. The van der Waals surface area contributed by atoms with Gasteiger partial charge in [0.15, 0.2) is 11.5 Å². The highest BCUT2D eigenvalue weighted by molar-refractivity contribution is 6.35. The van der Waals surface area contributed by atoms with Crippen molar-refractivity contribution in [2.24, 2.45) is 0 Å². The molecule has 0 unspecified atom stereocenters. The second-order valence-corrected chi connectivity index (χ2v) is 7.70. The Kier molecular flexibility index (Phi) is 10.5. The van der Waals surface area contributed by atoms with Crippen molar-refractivity contribution in [2.45, 2.75) is 13.2 Å². The van der Waals surface area contributed by atoms with Crippen LogP contribution in [-0.2, 0) is 13.2 Å². The van der Waals surface area contributed by atoms with Gasteiger partial charge >= 0.3 is 0 Å². The Hall–Kier alpha value is -2.71. The lowest BCUT2D eigenvalue weighted by atomic mass is 10.2. The Bertz CT molecular complexity index is 1050. The summed E-state index contributed by atoms with van der Waals surface area (Å²) in [7, 11) is 1.59. The average Bonchev–Trinajstić information content (AvgIpc) is 2.79. The number of halogens is 3. The normalized spacial score (nSPS) is 10.3. The highest BCUT2D eigenvalue weighted by Crippen LogP contribution is 2.31. The summed E-state index contributed by atoms with van der Waals surface area (Å²) in [4.78, 5) is 10.3. The van der Waals surface area contributed by atoms with Crippen LogP contribution in [0.4, 0.5) is 11.4 Å². The lowest BCUT2D eigenvalue weighted by molar-refractivity contribution is -0.384. The van der Waals surface area contributed by atoms with Crippen molar-refractivity contribution in [1.29, 1.82) is 0 Å². The summed E-state index contributed by atoms with van der Waals surface area (Å²) >= 11 is 12.4. The summed E-state index contributed by atoms with van der Waals surface area (Å²) in [6, 6.07) is 17.4. The summed E-state index contributed by atoms with van der Waals surface area (Å²) in [5.41, 5.74) is 2.67. The maximum absolute atomic E-state index is 10.7. The number of nitrogens with zero attached hydrogens (tertiary/aromatic N) is 1. The number of anilines is 1. The summed E-state index contributed by atoms with van der Waals surface area (Å²) in [5, 5.41) is 18.4. The molecule has 0 atom stereocenters. The van der Waals surface area contributed by atoms with E-state index in [0.717, 1.165) is 16.8 Å². The number of ether oxygens (including phenoxy) is 2. The molecule has 176 valence electrons. The van der Waals surface area contributed by atoms with Gasteiger partial charge in [-0.1, -0.05) is 35.3 Å². The second-order valence-electron chi connectivity index (χ2n) is 6.88. The molecule has 2 N–H and O–H groups in total. The van der Waals surface area contributed by atoms with E-state index in [-0.39, 0.29) is 24.7 Å². The molecule has 0 fully saturated rings. The predicted octanol–water partition coefficient (Wildman–Crippen LogP) is 6.11. The number of hydrogen-bond acceptors (Lipinski definition) is 6. The number of methoxy groups -OCH3 is 1. The zero-order valence-electron chi connectivity index (χ0n) is 17.8. The minimum absolute atomic E-state index is 0. The standard InChI is InChI=1S/C23H23Cl2N3O4.ClH/c1-31-23-13-16(5-10-22(23)32-15-19-20(24)3-2-4-21(19)25)14-26-11-12-27-17-6-8-18(9-7-17)28(29)30;/h2-10,13,26-27H,11-12,14-15H2,1H3;1H. The number of benzene rings is 3. The van der Waals surface area contributed by atoms with E-state index in [2.05, 4.69) is 10.6 Å². The number of rotatable bonds is 11. The van der Waals surface area contributed by atoms with Crippen LogP contribution in [0.1, 0.15) is 11.1 Å². The zero-order valence-corrected chi connectivity index (χ0v) is 20.2. The fourth-order valence-corrected chi connectivity index (χ4v) is 3.50. The molecule has 0 amide bonds. The van der Waals surface area contributed by atoms with Gasteiger partial charge in [0.1, 0.15) is 6.61 Å². The minimum atomic E-state index is -0.415. The molecule has 0 radical (unpaired) electrons. The number of nitro benzene ring substituents is 1. The maximum Gasteiger partial charge on any atom is 0.269 e. The lowest BCUT2D eigenvalue weighted by Gasteiger charge is -2.14. The Morgan fingerprint density at radius 2 is 1.67 bits per heavy atom. The fourth-order valence-electron chi connectivity index (χ4n) is 2.99. The van der Waals surface area contributed by atoms with Gasteiger partial charge < -0.3 is 20.1 Å². The number of non-ortho nitro benzene ring substituents is 1. The van der Waals surface area contributed by atoms with Gasteiger partial charge in [0, 0.05) is 53.1 Å². The molecule has 10 heteroatoms. The summed E-state index contributed by atoms with van der Waals surface area (Å²) < 4.78 is 11.3. The van der Waals surface area contributed by atoms with Crippen molar-refractivity contribution in [3.05, 3.63) is 92.0 Å². The van der Waals surface area contributed by atoms with Crippen LogP contribution >= 0.6 is 35.6 Å². The number of nitro groups is 1. The molecule has 0 aliphatic carbocycles. The van der Waals surface area contributed by atoms with Crippen LogP contribution in [0.25, 0.3) is 0 Å². The first kappa shape index (κ1) is 26.5. The van der Waals surface area contributed by atoms with Crippen molar-refractivity contribution in [1.82, 2.24) is 5.32 Å². The van der Waals surface area contributed by atoms with E-state index in [1.165, 1.54) is 12.1 Å². The third kappa shape index (κ3) is 7.68. The van der Waals surface area contributed by atoms with Gasteiger partial charge in [0.05, 0.1) is 12.0 Å². The van der Waals surface area contributed by atoms with E-state index in [0.29, 0.717) is 41.2 Å². The Balaban J connectivity index is 0.00000385. The molecule has 0 aliphatic rings. The molecule has 0 spiro atoms. The van der Waals surface area contributed by atoms with Crippen molar-refractivity contribution in [3.8, 4) is 11.5 Å². The molecular weight excluding hydrogens is 489 g/mol. The van der Waals surface area contributed by atoms with E-state index in [9.17, 15) is 10.1 Å². The first-order valence-corrected chi connectivity index (χ1v) is 10.6. The largest absolute Gasteiger partial charge is 0.493 e. The first-order chi connectivity index (χ1) is 15.5. The van der Waals surface area contributed by atoms with Gasteiger partial charge in [-0.15, -0.1) is 12.4 Å². The van der Waals surface area contributed by atoms with Gasteiger partial charge in [-0.2, -0.15) is 0 Å². The van der Waals surface area contributed by atoms with Crippen LogP contribution < -0.4 is 20.1 Å². The molecule has 0 saturated carbocycles. The molecule has 3 aromatic carbocycles. The van der Waals surface area contributed by atoms with Crippen molar-refractivity contribution in [3.63, 3.8) is 0 Å². The van der Waals surface area contributed by atoms with Gasteiger partial charge in [0.25, 0.3) is 5.69 Å². The third-order valence-corrected chi connectivity index (χ3v) is 5.41. The molecule has 3 rings (SSSR count). The van der Waals surface area contributed by atoms with Crippen LogP contribution in [0.15, 0.2) is 60.7 Å². The fraction of sp³-hybridized carbons (Fsp3) is 0.217. The lowest BCUT2D eigenvalue weighted by Crippen LogP contribution is -2.21. The first-order valence-electron chi connectivity index (χ1n) is 9.89. The summed E-state index contributed by atoms with van der Waals surface area (Å²) in [5.74, 6) is 1.23. The van der Waals surface area contributed by atoms with Gasteiger partial charge in [-0.25, -0.2) is 0 Å². The monoisotopic (exact) mass is 511 g/mol. The van der Waals surface area contributed by atoms with Crippen LogP contribution in [0.3, 0.4) is 0 Å². The van der Waals surface area contributed by atoms with Crippen molar-refractivity contribution >= 4 is 47.0 Å². The zero-order chi connectivity index (χ0) is 22.9. The smallest absolute Gasteiger partial charge is 0.269 e. The summed E-state index contributed by atoms with van der Waals surface area (Å²) in [6.45, 7) is 2.27. The number of hydrogen-bond donors (Lipinski definition) is 2. The highest BCUT2D eigenvalue weighted by Gasteiger charge is 2.10. The van der Waals surface area contributed by atoms with Crippen LogP contribution in [0.5, 0.6) is 11.5 Å². The predicted molar refractivity (Wildman–Crippen MR) is 134 cm³/mol. The minimum Gasteiger partial charge on any atom is -0.493 e. The summed E-state index contributed by atoms with van der Waals surface area (Å²) in [6.07, 6.45) is 0. The Morgan fingerprint density at radius 3 is 2.30 bits per heavy atom. The van der Waals surface area contributed by atoms with Crippen molar-refractivity contribution in [2.75, 3.05) is 25.5 Å². The average molecular weight is 513 g/mol. The molecule has 3 aromatic rings. The molecule has 0 saturated heterocycles. The Morgan fingerprint density at radius 1 is 0.970 bits per heavy atom. The van der Waals surface area contributed by atoms with Crippen LogP contribution in [-0.4, -0.2) is 25.1 Å². The Labute approximate surface area is 208 Å². The van der Waals surface area contributed by atoms with E-state index in [1.807, 2.05) is 18.2 Å². The van der Waals surface area contributed by atoms with Gasteiger partial charge in [-0.3, -0.25) is 10.1 Å². The van der Waals surface area contributed by atoms with E-state index in [1.54, 1.807) is 37.4 Å². The van der Waals surface area contributed by atoms with Crippen molar-refractivity contribution < 1.29 is 14.4 Å². The molecule has 33 heavy (non-hydrogen) atoms. The number of nitrogens with one attached hydrogen (secondary N) is 2.